The Morgan fingerprint density at radius 2 is 1.96 bits per heavy atom. The van der Waals surface area contributed by atoms with Crippen molar-refractivity contribution in [1.29, 1.82) is 0 Å². The molecule has 5 nitrogen and oxygen atoms in total. The highest BCUT2D eigenvalue weighted by Crippen LogP contribution is 2.32. The molecule has 8 heteroatoms. The Hall–Kier alpha value is -2.58. The number of benzene rings is 2. The number of rotatable bonds is 3. The Kier molecular flexibility index (Phi) is 4.88. The van der Waals surface area contributed by atoms with Crippen molar-refractivity contribution in [1.82, 2.24) is 10.9 Å². The van der Waals surface area contributed by atoms with Gasteiger partial charge in [0.05, 0.1) is 11.6 Å². The van der Waals surface area contributed by atoms with Crippen LogP contribution in [0.1, 0.15) is 29.2 Å². The number of alkyl halides is 3. The molecule has 1 aliphatic rings. The summed E-state index contributed by atoms with van der Waals surface area (Å²) in [5, 5.41) is 12.5. The fourth-order valence-electron chi connectivity index (χ4n) is 2.88. The van der Waals surface area contributed by atoms with Crippen molar-refractivity contribution in [3.05, 3.63) is 59.2 Å². The molecule has 0 radical (unpaired) electrons. The lowest BCUT2D eigenvalue weighted by atomic mass is 9.99. The Morgan fingerprint density at radius 3 is 2.65 bits per heavy atom. The van der Waals surface area contributed by atoms with Crippen LogP contribution in [0.4, 0.5) is 18.9 Å². The summed E-state index contributed by atoms with van der Waals surface area (Å²) in [7, 11) is 0. The van der Waals surface area contributed by atoms with Gasteiger partial charge in [-0.25, -0.2) is 10.9 Å². The van der Waals surface area contributed by atoms with Gasteiger partial charge in [0.15, 0.2) is 0 Å². The third-order valence-corrected chi connectivity index (χ3v) is 4.24. The first-order valence-electron chi connectivity index (χ1n) is 8.03. The quantitative estimate of drug-likeness (QED) is 0.674. The number of hydrogen-bond acceptors (Lipinski definition) is 4. The minimum absolute atomic E-state index is 0.0771. The number of phenols is 1. The minimum Gasteiger partial charge on any atom is -0.508 e. The molecule has 1 heterocycles. The second-order valence-electron chi connectivity index (χ2n) is 6.26. The highest BCUT2D eigenvalue weighted by Gasteiger charge is 2.33. The molecule has 0 spiro atoms. The molecule has 0 saturated carbocycles. The molecule has 2 atom stereocenters. The lowest BCUT2D eigenvalue weighted by Crippen LogP contribution is -2.39. The number of anilines is 1. The molecule has 138 valence electrons. The molecule has 0 aliphatic carbocycles. The highest BCUT2D eigenvalue weighted by molar-refractivity contribution is 5.95. The van der Waals surface area contributed by atoms with Gasteiger partial charge in [-0.3, -0.25) is 4.79 Å². The molecular formula is C18H18F3N3O2. The molecule has 0 bridgehead atoms. The zero-order chi connectivity index (χ0) is 18.9. The number of aryl methyl sites for hydroxylation is 1. The van der Waals surface area contributed by atoms with Crippen LogP contribution < -0.4 is 16.2 Å². The van der Waals surface area contributed by atoms with Gasteiger partial charge in [0, 0.05) is 11.3 Å². The molecule has 2 unspecified atom stereocenters. The van der Waals surface area contributed by atoms with E-state index >= 15 is 0 Å². The monoisotopic (exact) mass is 365 g/mol. The second-order valence-corrected chi connectivity index (χ2v) is 6.26. The van der Waals surface area contributed by atoms with Crippen molar-refractivity contribution >= 4 is 11.6 Å². The van der Waals surface area contributed by atoms with Gasteiger partial charge in [0.1, 0.15) is 11.8 Å². The van der Waals surface area contributed by atoms with Crippen LogP contribution >= 0.6 is 0 Å². The van der Waals surface area contributed by atoms with Crippen LogP contribution in [0.15, 0.2) is 42.5 Å². The van der Waals surface area contributed by atoms with Crippen LogP contribution in [0.25, 0.3) is 0 Å². The number of halogens is 3. The molecule has 1 amide bonds. The maximum atomic E-state index is 12.8. The first-order valence-corrected chi connectivity index (χ1v) is 8.03. The lowest BCUT2D eigenvalue weighted by molar-refractivity contribution is -0.137. The molecule has 1 saturated heterocycles. The zero-order valence-electron chi connectivity index (χ0n) is 13.9. The summed E-state index contributed by atoms with van der Waals surface area (Å²) in [6, 6.07) is 8.81. The van der Waals surface area contributed by atoms with Gasteiger partial charge in [-0.05, 0) is 43.2 Å². The van der Waals surface area contributed by atoms with Crippen LogP contribution in [0.3, 0.4) is 0 Å². The number of phenolic OH excluding ortho intramolecular Hbond substituents is 1. The lowest BCUT2D eigenvalue weighted by Gasteiger charge is -2.13. The summed E-state index contributed by atoms with van der Waals surface area (Å²) >= 11 is 0. The minimum atomic E-state index is -4.47. The third-order valence-electron chi connectivity index (χ3n) is 4.24. The van der Waals surface area contributed by atoms with Crippen LogP contribution in [-0.2, 0) is 11.0 Å². The average Bonchev–Trinajstić information content (AvgIpc) is 3.04. The Bertz CT molecular complexity index is 824. The van der Waals surface area contributed by atoms with Gasteiger partial charge >= 0.3 is 6.18 Å². The number of hydrogen-bond donors (Lipinski definition) is 4. The number of carbonyl (C=O) groups excluding carboxylic acids is 1. The van der Waals surface area contributed by atoms with Crippen LogP contribution in [-0.4, -0.2) is 17.1 Å². The molecule has 26 heavy (non-hydrogen) atoms. The van der Waals surface area contributed by atoms with Crippen molar-refractivity contribution in [2.45, 2.75) is 31.6 Å². The number of nitrogens with one attached hydrogen (secondary N) is 3. The summed E-state index contributed by atoms with van der Waals surface area (Å²) < 4.78 is 38.3. The SMILES string of the molecule is Cc1ccc(C2CC(C(=O)Nc3cccc(C(F)(F)F)c3)NN2)c(O)c1. The smallest absolute Gasteiger partial charge is 0.416 e. The Labute approximate surface area is 148 Å². The van der Waals surface area contributed by atoms with Crippen LogP contribution in [0.2, 0.25) is 0 Å². The molecule has 3 rings (SSSR count). The average molecular weight is 365 g/mol. The summed E-state index contributed by atoms with van der Waals surface area (Å²) in [6.07, 6.45) is -4.12. The summed E-state index contributed by atoms with van der Waals surface area (Å²) in [5.41, 5.74) is 6.57. The van der Waals surface area contributed by atoms with Crippen molar-refractivity contribution in [2.24, 2.45) is 0 Å². The first kappa shape index (κ1) is 18.2. The molecule has 4 N–H and O–H groups in total. The van der Waals surface area contributed by atoms with Gasteiger partial charge in [0.2, 0.25) is 5.91 Å². The fraction of sp³-hybridized carbons (Fsp3) is 0.278. The van der Waals surface area contributed by atoms with E-state index in [1.165, 1.54) is 12.1 Å². The van der Waals surface area contributed by atoms with Crippen molar-refractivity contribution in [2.75, 3.05) is 5.32 Å². The number of carbonyl (C=O) groups is 1. The maximum absolute atomic E-state index is 12.8. The molecule has 1 aliphatic heterocycles. The van der Waals surface area contributed by atoms with E-state index in [0.29, 0.717) is 12.0 Å². The first-order chi connectivity index (χ1) is 12.2. The third kappa shape index (κ3) is 3.97. The molecular weight excluding hydrogens is 347 g/mol. The topological polar surface area (TPSA) is 73.4 Å². The standard InChI is InChI=1S/C18H18F3N3O2/c1-10-5-6-13(16(25)7-10)14-9-15(24-23-14)17(26)22-12-4-2-3-11(8-12)18(19,20)21/h2-8,14-15,23-25H,9H2,1H3,(H,22,26). The second kappa shape index (κ2) is 6.97. The predicted molar refractivity (Wildman–Crippen MR) is 90.3 cm³/mol. The molecule has 1 fully saturated rings. The van der Waals surface area contributed by atoms with E-state index in [9.17, 15) is 23.1 Å². The van der Waals surface area contributed by atoms with E-state index in [1.54, 1.807) is 12.1 Å². The van der Waals surface area contributed by atoms with E-state index in [-0.39, 0.29) is 17.5 Å². The number of hydrazine groups is 1. The van der Waals surface area contributed by atoms with Gasteiger partial charge in [0.25, 0.3) is 0 Å². The van der Waals surface area contributed by atoms with E-state index in [4.69, 9.17) is 0 Å². The summed E-state index contributed by atoms with van der Waals surface area (Å²) in [6.45, 7) is 1.86. The molecule has 0 aromatic heterocycles. The van der Waals surface area contributed by atoms with Gasteiger partial charge in [-0.15, -0.1) is 0 Å². The van der Waals surface area contributed by atoms with E-state index in [0.717, 1.165) is 17.7 Å². The van der Waals surface area contributed by atoms with E-state index in [2.05, 4.69) is 16.2 Å². The largest absolute Gasteiger partial charge is 0.508 e. The van der Waals surface area contributed by atoms with E-state index < -0.39 is 23.7 Å². The Morgan fingerprint density at radius 1 is 1.19 bits per heavy atom. The van der Waals surface area contributed by atoms with Crippen LogP contribution in [0.5, 0.6) is 5.75 Å². The predicted octanol–water partition coefficient (Wildman–Crippen LogP) is 3.27. The fourth-order valence-corrected chi connectivity index (χ4v) is 2.88. The number of amides is 1. The van der Waals surface area contributed by atoms with Crippen molar-refractivity contribution in [3.8, 4) is 5.75 Å². The van der Waals surface area contributed by atoms with E-state index in [1.807, 2.05) is 13.0 Å². The molecule has 2 aromatic carbocycles. The zero-order valence-corrected chi connectivity index (χ0v) is 13.9. The van der Waals surface area contributed by atoms with Gasteiger partial charge in [-0.1, -0.05) is 18.2 Å². The van der Waals surface area contributed by atoms with Crippen molar-refractivity contribution < 1.29 is 23.1 Å². The summed E-state index contributed by atoms with van der Waals surface area (Å²) in [5.74, 6) is -0.325. The Balaban J connectivity index is 1.67. The maximum Gasteiger partial charge on any atom is 0.416 e. The molecule has 2 aromatic rings. The van der Waals surface area contributed by atoms with Gasteiger partial charge < -0.3 is 10.4 Å². The normalized spacial score (nSPS) is 20.2. The van der Waals surface area contributed by atoms with Gasteiger partial charge in [-0.2, -0.15) is 13.2 Å². The van der Waals surface area contributed by atoms with Crippen molar-refractivity contribution in [3.63, 3.8) is 0 Å². The summed E-state index contributed by atoms with van der Waals surface area (Å²) in [4.78, 5) is 12.3. The highest BCUT2D eigenvalue weighted by atomic mass is 19.4. The number of aromatic hydroxyl groups is 1. The van der Waals surface area contributed by atoms with Crippen LogP contribution in [0, 0.1) is 6.92 Å².